The van der Waals surface area contributed by atoms with Crippen LogP contribution in [0.4, 0.5) is 4.79 Å². The minimum Gasteiger partial charge on any atom is -0.443 e. The van der Waals surface area contributed by atoms with E-state index in [-0.39, 0.29) is 12.5 Å². The average Bonchev–Trinajstić information content (AvgIpc) is 2.79. The first-order valence-electron chi connectivity index (χ1n) is 11.7. The van der Waals surface area contributed by atoms with Crippen molar-refractivity contribution in [2.75, 3.05) is 6.54 Å². The van der Waals surface area contributed by atoms with E-state index in [1.165, 1.54) is 5.56 Å². The van der Waals surface area contributed by atoms with Gasteiger partial charge in [0.25, 0.3) is 0 Å². The van der Waals surface area contributed by atoms with Gasteiger partial charge in [-0.2, -0.15) is 0 Å². The van der Waals surface area contributed by atoms with Crippen molar-refractivity contribution in [2.24, 2.45) is 5.92 Å². The van der Waals surface area contributed by atoms with Crippen LogP contribution in [-0.4, -0.2) is 39.4 Å². The van der Waals surface area contributed by atoms with Crippen molar-refractivity contribution in [2.45, 2.75) is 52.4 Å². The van der Waals surface area contributed by atoms with Gasteiger partial charge < -0.3 is 9.84 Å². The number of carbonyl (C=O) groups is 1. The van der Waals surface area contributed by atoms with E-state index >= 15 is 0 Å². The highest BCUT2D eigenvalue weighted by Crippen LogP contribution is 2.19. The Kier molecular flexibility index (Phi) is 8.79. The lowest BCUT2D eigenvalue weighted by Crippen LogP contribution is -2.48. The van der Waals surface area contributed by atoms with E-state index in [1.807, 2.05) is 88.4 Å². The molecule has 0 fully saturated rings. The van der Waals surface area contributed by atoms with Crippen molar-refractivity contribution in [3.8, 4) is 11.3 Å². The number of benzene rings is 2. The lowest BCUT2D eigenvalue weighted by Gasteiger charge is -2.29. The Hall–Kier alpha value is -3.22. The number of hydrogen-bond donors (Lipinski definition) is 2. The highest BCUT2D eigenvalue weighted by atomic mass is 16.6. The van der Waals surface area contributed by atoms with Crippen LogP contribution in [0.25, 0.3) is 11.3 Å². The smallest absolute Gasteiger partial charge is 0.422 e. The van der Waals surface area contributed by atoms with Crippen LogP contribution < -0.4 is 5.43 Å². The third-order valence-corrected chi connectivity index (χ3v) is 5.40. The summed E-state index contributed by atoms with van der Waals surface area (Å²) >= 11 is 0. The van der Waals surface area contributed by atoms with Crippen LogP contribution in [0.1, 0.15) is 38.8 Å². The Balaban J connectivity index is 1.69. The SMILES string of the molecule is C[C@@H](Cc1ccccc1)[C@@H](O)CN(Cc1ccc(-c2ccccn2)cc1)NC(=O)OC(C)(C)C. The number of ether oxygens (including phenoxy) is 1. The molecule has 6 heteroatoms. The van der Waals surface area contributed by atoms with Gasteiger partial charge in [0.2, 0.25) is 0 Å². The van der Waals surface area contributed by atoms with Crippen LogP contribution in [0, 0.1) is 5.92 Å². The quantitative estimate of drug-likeness (QED) is 0.427. The van der Waals surface area contributed by atoms with E-state index in [0.29, 0.717) is 6.54 Å². The highest BCUT2D eigenvalue weighted by Gasteiger charge is 2.23. The second-order valence-electron chi connectivity index (χ2n) is 9.64. The number of nitrogens with zero attached hydrogens (tertiary/aromatic N) is 2. The van der Waals surface area contributed by atoms with Gasteiger partial charge in [0.1, 0.15) is 5.60 Å². The van der Waals surface area contributed by atoms with Crippen LogP contribution in [0.2, 0.25) is 0 Å². The maximum absolute atomic E-state index is 12.5. The molecule has 0 unspecified atom stereocenters. The first-order valence-corrected chi connectivity index (χ1v) is 11.7. The second-order valence-corrected chi connectivity index (χ2v) is 9.64. The first kappa shape index (κ1) is 25.4. The van der Waals surface area contributed by atoms with Gasteiger partial charge in [-0.05, 0) is 56.4 Å². The summed E-state index contributed by atoms with van der Waals surface area (Å²) < 4.78 is 5.44. The molecule has 180 valence electrons. The Morgan fingerprint density at radius 2 is 1.68 bits per heavy atom. The first-order chi connectivity index (χ1) is 16.2. The van der Waals surface area contributed by atoms with Crippen molar-refractivity contribution in [3.63, 3.8) is 0 Å². The van der Waals surface area contributed by atoms with E-state index in [2.05, 4.69) is 22.5 Å². The molecule has 1 amide bonds. The monoisotopic (exact) mass is 461 g/mol. The molecule has 0 radical (unpaired) electrons. The number of aliphatic hydroxyl groups is 1. The average molecular weight is 462 g/mol. The largest absolute Gasteiger partial charge is 0.443 e. The van der Waals surface area contributed by atoms with Crippen LogP contribution in [0.5, 0.6) is 0 Å². The van der Waals surface area contributed by atoms with Gasteiger partial charge in [0, 0.05) is 24.8 Å². The molecule has 2 atom stereocenters. The predicted octanol–water partition coefficient (Wildman–Crippen LogP) is 5.23. The van der Waals surface area contributed by atoms with Crippen molar-refractivity contribution in [3.05, 3.63) is 90.1 Å². The molecule has 2 aromatic carbocycles. The molecule has 1 aromatic heterocycles. The lowest BCUT2D eigenvalue weighted by molar-refractivity contribution is 0.0120. The third-order valence-electron chi connectivity index (χ3n) is 5.40. The molecule has 3 rings (SSSR count). The fraction of sp³-hybridized carbons (Fsp3) is 0.357. The Bertz CT molecular complexity index is 1020. The number of aliphatic hydroxyl groups excluding tert-OH is 1. The summed E-state index contributed by atoms with van der Waals surface area (Å²) in [4.78, 5) is 16.9. The molecular weight excluding hydrogens is 426 g/mol. The summed E-state index contributed by atoms with van der Waals surface area (Å²) in [5, 5.41) is 12.6. The van der Waals surface area contributed by atoms with Gasteiger partial charge in [-0.3, -0.25) is 10.4 Å². The minimum atomic E-state index is -0.636. The molecule has 0 aliphatic rings. The Morgan fingerprint density at radius 3 is 2.29 bits per heavy atom. The molecule has 0 saturated heterocycles. The summed E-state index contributed by atoms with van der Waals surface area (Å²) in [6, 6.07) is 24.0. The van der Waals surface area contributed by atoms with E-state index < -0.39 is 17.8 Å². The Morgan fingerprint density at radius 1 is 1.00 bits per heavy atom. The molecule has 6 nitrogen and oxygen atoms in total. The highest BCUT2D eigenvalue weighted by molar-refractivity contribution is 5.67. The molecule has 1 heterocycles. The number of hydrazine groups is 1. The van der Waals surface area contributed by atoms with Crippen LogP contribution in [-0.2, 0) is 17.7 Å². The lowest BCUT2D eigenvalue weighted by atomic mass is 9.95. The third kappa shape index (κ3) is 8.28. The fourth-order valence-electron chi connectivity index (χ4n) is 3.64. The number of hydrogen-bond acceptors (Lipinski definition) is 5. The fourth-order valence-corrected chi connectivity index (χ4v) is 3.64. The normalized spacial score (nSPS) is 13.4. The van der Waals surface area contributed by atoms with Gasteiger partial charge >= 0.3 is 6.09 Å². The van der Waals surface area contributed by atoms with Crippen LogP contribution >= 0.6 is 0 Å². The van der Waals surface area contributed by atoms with Crippen molar-refractivity contribution >= 4 is 6.09 Å². The molecule has 3 aromatic rings. The number of rotatable bonds is 9. The van der Waals surface area contributed by atoms with Gasteiger partial charge in [0.15, 0.2) is 0 Å². The molecule has 0 saturated carbocycles. The van der Waals surface area contributed by atoms with E-state index in [1.54, 1.807) is 11.2 Å². The van der Waals surface area contributed by atoms with Crippen molar-refractivity contribution < 1.29 is 14.6 Å². The van der Waals surface area contributed by atoms with Gasteiger partial charge in [-0.25, -0.2) is 9.80 Å². The van der Waals surface area contributed by atoms with Crippen molar-refractivity contribution in [1.29, 1.82) is 0 Å². The standard InChI is InChI=1S/C28H35N3O3/c1-21(18-22-10-6-5-7-11-22)26(32)20-31(30-27(33)34-28(2,3)4)19-23-13-15-24(16-14-23)25-12-8-9-17-29-25/h5-17,21,26,32H,18-20H2,1-4H3,(H,30,33)/t21-,26-/m0/s1. The van der Waals surface area contributed by atoms with Crippen molar-refractivity contribution in [1.82, 2.24) is 15.4 Å². The summed E-state index contributed by atoms with van der Waals surface area (Å²) in [7, 11) is 0. The van der Waals surface area contributed by atoms with Crippen LogP contribution in [0.15, 0.2) is 79.0 Å². The molecule has 0 spiro atoms. The van der Waals surface area contributed by atoms with Gasteiger partial charge in [-0.1, -0.05) is 67.6 Å². The summed E-state index contributed by atoms with van der Waals surface area (Å²) in [5.74, 6) is 0.0110. The maximum Gasteiger partial charge on any atom is 0.422 e. The molecule has 2 N–H and O–H groups in total. The summed E-state index contributed by atoms with van der Waals surface area (Å²) in [6.07, 6.45) is 1.35. The van der Waals surface area contributed by atoms with Gasteiger partial charge in [-0.15, -0.1) is 0 Å². The van der Waals surface area contributed by atoms with E-state index in [4.69, 9.17) is 4.74 Å². The number of carbonyl (C=O) groups excluding carboxylic acids is 1. The predicted molar refractivity (Wildman–Crippen MR) is 135 cm³/mol. The number of pyridine rings is 1. The topological polar surface area (TPSA) is 74.7 Å². The van der Waals surface area contributed by atoms with Gasteiger partial charge in [0.05, 0.1) is 11.8 Å². The Labute approximate surface area is 202 Å². The number of amides is 1. The zero-order valence-electron chi connectivity index (χ0n) is 20.4. The molecule has 0 aliphatic heterocycles. The van der Waals surface area contributed by atoms with E-state index in [9.17, 15) is 9.90 Å². The maximum atomic E-state index is 12.5. The molecule has 0 aliphatic carbocycles. The molecule has 0 bridgehead atoms. The van der Waals surface area contributed by atoms with Crippen LogP contribution in [0.3, 0.4) is 0 Å². The minimum absolute atomic E-state index is 0.0110. The number of aromatic nitrogens is 1. The second kappa shape index (κ2) is 11.8. The molecule has 34 heavy (non-hydrogen) atoms. The van der Waals surface area contributed by atoms with E-state index in [0.717, 1.165) is 23.2 Å². The molecular formula is C28H35N3O3. The summed E-state index contributed by atoms with van der Waals surface area (Å²) in [5.41, 5.74) is 6.30. The zero-order chi connectivity index (χ0) is 24.6. The zero-order valence-corrected chi connectivity index (χ0v) is 20.4. The summed E-state index contributed by atoms with van der Waals surface area (Å²) in [6.45, 7) is 8.19. The number of nitrogens with one attached hydrogen (secondary N) is 1.